The summed E-state index contributed by atoms with van der Waals surface area (Å²) in [5, 5.41) is 9.54. The molecule has 0 amide bonds. The number of quaternary nitrogens is 1. The average molecular weight is 647 g/mol. The number of carbonyl (C=O) groups excluding carboxylic acids is 2. The van der Waals surface area contributed by atoms with Crippen molar-refractivity contribution in [1.82, 2.24) is 0 Å². The highest BCUT2D eigenvalue weighted by Crippen LogP contribution is 2.11. The van der Waals surface area contributed by atoms with Gasteiger partial charge >= 0.3 is 17.9 Å². The summed E-state index contributed by atoms with van der Waals surface area (Å²) in [6.07, 6.45) is 32.9. The normalized spacial score (nSPS) is 13.8. The number of nitrogens with zero attached hydrogens (tertiary/aromatic N) is 1. The van der Waals surface area contributed by atoms with Crippen molar-refractivity contribution >= 4 is 17.9 Å². The van der Waals surface area contributed by atoms with Gasteiger partial charge in [-0.05, 0) is 44.9 Å². The van der Waals surface area contributed by atoms with E-state index in [2.05, 4.69) is 38.2 Å². The van der Waals surface area contributed by atoms with E-state index in [0.29, 0.717) is 19.3 Å². The maximum atomic E-state index is 12.6. The molecule has 0 aliphatic carbocycles. The van der Waals surface area contributed by atoms with Gasteiger partial charge in [0.2, 0.25) is 0 Å². The van der Waals surface area contributed by atoms with Crippen molar-refractivity contribution < 1.29 is 38.2 Å². The largest absolute Gasteiger partial charge is 0.477 e. The SMILES string of the molecule is CC/C=C/C=C/C=C/C=C/CCCCCCCC(=O)OC(COCCC(C(=O)O)[N+](C)(C)C)COC(=O)CC/C=C/CCCCC. The Bertz CT molecular complexity index is 943. The molecule has 0 spiro atoms. The zero-order valence-corrected chi connectivity index (χ0v) is 29.5. The lowest BCUT2D eigenvalue weighted by atomic mass is 10.1. The summed E-state index contributed by atoms with van der Waals surface area (Å²) < 4.78 is 17.0. The third-order valence-corrected chi connectivity index (χ3v) is 7.26. The first-order valence-electron chi connectivity index (χ1n) is 17.4. The van der Waals surface area contributed by atoms with Gasteiger partial charge in [-0.1, -0.05) is 107 Å². The van der Waals surface area contributed by atoms with Crippen molar-refractivity contribution in [3.63, 3.8) is 0 Å². The Morgan fingerprint density at radius 1 is 0.674 bits per heavy atom. The summed E-state index contributed by atoms with van der Waals surface area (Å²) in [7, 11) is 5.48. The Labute approximate surface area is 279 Å². The van der Waals surface area contributed by atoms with Gasteiger partial charge in [0.15, 0.2) is 12.1 Å². The van der Waals surface area contributed by atoms with Crippen molar-refractivity contribution in [2.75, 3.05) is 41.0 Å². The number of rotatable bonds is 29. The third kappa shape index (κ3) is 27.3. The van der Waals surface area contributed by atoms with Crippen LogP contribution in [-0.2, 0) is 28.6 Å². The van der Waals surface area contributed by atoms with Crippen LogP contribution in [0.15, 0.2) is 60.8 Å². The van der Waals surface area contributed by atoms with Crippen molar-refractivity contribution in [3.8, 4) is 0 Å². The van der Waals surface area contributed by atoms with E-state index in [0.717, 1.165) is 57.8 Å². The molecule has 46 heavy (non-hydrogen) atoms. The Kier molecular flexibility index (Phi) is 27.5. The first kappa shape index (κ1) is 43.0. The lowest BCUT2D eigenvalue weighted by Gasteiger charge is -2.31. The molecule has 0 saturated heterocycles. The molecule has 0 aromatic rings. The van der Waals surface area contributed by atoms with Gasteiger partial charge in [0.05, 0.1) is 34.4 Å². The number of carbonyl (C=O) groups is 3. The first-order valence-corrected chi connectivity index (χ1v) is 17.4. The molecule has 0 aliphatic rings. The standard InChI is InChI=1S/C38H63NO7/c1-6-8-10-12-14-15-16-17-18-19-20-21-23-25-27-29-37(41)46-34(32-44-31-30-35(38(42)43)39(3,4)5)33-45-36(40)28-26-24-22-13-11-9-7-2/h8,10,12,14-18,22,24,34-35H,6-7,9,11,13,19-21,23,25-33H2,1-5H3/p+1/b10-8+,14-12+,16-15+,18-17+,24-22+. The summed E-state index contributed by atoms with van der Waals surface area (Å²) in [4.78, 5) is 36.5. The van der Waals surface area contributed by atoms with Crippen LogP contribution in [0.5, 0.6) is 0 Å². The van der Waals surface area contributed by atoms with Crippen LogP contribution in [-0.4, -0.2) is 80.6 Å². The number of likely N-dealkylation sites (N-methyl/N-ethyl adjacent to an activating group) is 1. The lowest BCUT2D eigenvalue weighted by Crippen LogP contribution is -2.50. The Hall–Kier alpha value is -2.97. The van der Waals surface area contributed by atoms with E-state index in [4.69, 9.17) is 14.2 Å². The van der Waals surface area contributed by atoms with Crippen molar-refractivity contribution in [2.45, 2.75) is 122 Å². The molecule has 0 fully saturated rings. The fraction of sp³-hybridized carbons (Fsp3) is 0.658. The predicted octanol–water partition coefficient (Wildman–Crippen LogP) is 8.29. The molecular weight excluding hydrogens is 582 g/mol. The summed E-state index contributed by atoms with van der Waals surface area (Å²) in [6.45, 7) is 4.42. The first-order chi connectivity index (χ1) is 22.1. The maximum absolute atomic E-state index is 12.6. The molecular formula is C38H64NO7+. The third-order valence-electron chi connectivity index (χ3n) is 7.26. The number of aliphatic carboxylic acids is 1. The molecule has 0 radical (unpaired) electrons. The van der Waals surface area contributed by atoms with Crippen molar-refractivity contribution in [3.05, 3.63) is 60.8 Å². The lowest BCUT2D eigenvalue weighted by molar-refractivity contribution is -0.887. The topological polar surface area (TPSA) is 99.1 Å². The van der Waals surface area contributed by atoms with Gasteiger partial charge in [0.1, 0.15) is 6.61 Å². The molecule has 0 saturated carbocycles. The van der Waals surface area contributed by atoms with Gasteiger partial charge in [-0.25, -0.2) is 4.79 Å². The second kappa shape index (κ2) is 29.4. The van der Waals surface area contributed by atoms with Gasteiger partial charge in [-0.2, -0.15) is 0 Å². The van der Waals surface area contributed by atoms with Crippen molar-refractivity contribution in [1.29, 1.82) is 0 Å². The predicted molar refractivity (Wildman–Crippen MR) is 187 cm³/mol. The van der Waals surface area contributed by atoms with Gasteiger partial charge in [-0.3, -0.25) is 9.59 Å². The Morgan fingerprint density at radius 2 is 1.28 bits per heavy atom. The number of carboxylic acids is 1. The fourth-order valence-corrected chi connectivity index (χ4v) is 4.53. The van der Waals surface area contributed by atoms with Crippen LogP contribution < -0.4 is 0 Å². The van der Waals surface area contributed by atoms with Crippen LogP contribution in [0.2, 0.25) is 0 Å². The number of allylic oxidation sites excluding steroid dienone is 10. The van der Waals surface area contributed by atoms with Crippen LogP contribution in [0.4, 0.5) is 0 Å². The average Bonchev–Trinajstić information content (AvgIpc) is 3.00. The van der Waals surface area contributed by atoms with Gasteiger partial charge in [-0.15, -0.1) is 0 Å². The number of hydrogen-bond acceptors (Lipinski definition) is 6. The van der Waals surface area contributed by atoms with Crippen LogP contribution in [0.25, 0.3) is 0 Å². The highest BCUT2D eigenvalue weighted by molar-refractivity contribution is 5.72. The van der Waals surface area contributed by atoms with E-state index >= 15 is 0 Å². The molecule has 2 atom stereocenters. The Balaban J connectivity index is 4.53. The number of esters is 2. The number of unbranched alkanes of at least 4 members (excludes halogenated alkanes) is 8. The molecule has 0 rings (SSSR count). The van der Waals surface area contributed by atoms with Gasteiger partial charge < -0.3 is 23.8 Å². The number of carboxylic acid groups (broad SMARTS) is 1. The molecule has 8 heteroatoms. The van der Waals surface area contributed by atoms with E-state index < -0.39 is 18.1 Å². The molecule has 0 aromatic carbocycles. The number of ether oxygens (including phenoxy) is 3. The minimum Gasteiger partial charge on any atom is -0.477 e. The van der Waals surface area contributed by atoms with E-state index in [1.807, 2.05) is 57.6 Å². The quantitative estimate of drug-likeness (QED) is 0.0287. The fourth-order valence-electron chi connectivity index (χ4n) is 4.53. The smallest absolute Gasteiger partial charge is 0.362 e. The van der Waals surface area contributed by atoms with Gasteiger partial charge in [0.25, 0.3) is 0 Å². The molecule has 0 heterocycles. The maximum Gasteiger partial charge on any atom is 0.362 e. The summed E-state index contributed by atoms with van der Waals surface area (Å²) in [6, 6.07) is -0.623. The summed E-state index contributed by atoms with van der Waals surface area (Å²) >= 11 is 0. The second-order valence-corrected chi connectivity index (χ2v) is 12.5. The van der Waals surface area contributed by atoms with Gasteiger partial charge in [0, 0.05) is 19.3 Å². The highest BCUT2D eigenvalue weighted by Gasteiger charge is 2.31. The molecule has 1 N–H and O–H groups in total. The van der Waals surface area contributed by atoms with Crippen LogP contribution in [0.3, 0.4) is 0 Å². The second-order valence-electron chi connectivity index (χ2n) is 12.5. The number of hydrogen-bond donors (Lipinski definition) is 1. The molecule has 0 aromatic heterocycles. The van der Waals surface area contributed by atoms with E-state index in [1.165, 1.54) is 12.8 Å². The molecule has 0 bridgehead atoms. The highest BCUT2D eigenvalue weighted by atomic mass is 16.6. The monoisotopic (exact) mass is 646 g/mol. The van der Waals surface area contributed by atoms with E-state index in [9.17, 15) is 19.5 Å². The molecule has 8 nitrogen and oxygen atoms in total. The van der Waals surface area contributed by atoms with Crippen LogP contribution in [0.1, 0.15) is 110 Å². The molecule has 262 valence electrons. The van der Waals surface area contributed by atoms with Crippen LogP contribution >= 0.6 is 0 Å². The zero-order valence-electron chi connectivity index (χ0n) is 29.5. The van der Waals surface area contributed by atoms with Crippen LogP contribution in [0, 0.1) is 0 Å². The Morgan fingerprint density at radius 3 is 1.96 bits per heavy atom. The minimum atomic E-state index is -0.889. The molecule has 2 unspecified atom stereocenters. The minimum absolute atomic E-state index is 0.0364. The van der Waals surface area contributed by atoms with E-state index in [-0.39, 0.29) is 42.7 Å². The van der Waals surface area contributed by atoms with Crippen molar-refractivity contribution in [2.24, 2.45) is 0 Å². The summed E-state index contributed by atoms with van der Waals surface area (Å²) in [5.74, 6) is -1.58. The summed E-state index contributed by atoms with van der Waals surface area (Å²) in [5.41, 5.74) is 0. The molecule has 0 aliphatic heterocycles. The zero-order chi connectivity index (χ0) is 34.3. The van der Waals surface area contributed by atoms with E-state index in [1.54, 1.807) is 0 Å².